The van der Waals surface area contributed by atoms with Crippen molar-refractivity contribution in [1.82, 2.24) is 4.57 Å². The molecule has 1 nitrogen and oxygen atoms in total. The Bertz CT molecular complexity index is 586. The second-order valence-electron chi connectivity index (χ2n) is 4.38. The quantitative estimate of drug-likeness (QED) is 0.724. The predicted octanol–water partition coefficient (Wildman–Crippen LogP) is 4.77. The molecule has 0 amide bonds. The van der Waals surface area contributed by atoms with Crippen LogP contribution in [0.1, 0.15) is 29.4 Å². The minimum atomic E-state index is 1.16. The first-order valence-electron chi connectivity index (χ1n) is 6.23. The Labute approximate surface area is 109 Å². The Morgan fingerprint density at radius 2 is 1.78 bits per heavy atom. The van der Waals surface area contributed by atoms with Crippen molar-refractivity contribution >= 4 is 12.2 Å². The topological polar surface area (TPSA) is 4.93 Å². The van der Waals surface area contributed by atoms with Gasteiger partial charge in [0, 0.05) is 16.9 Å². The molecular weight excluding hydrogens is 218 g/mol. The number of nitrogens with zero attached hydrogens (tertiary/aromatic N) is 1. The molecule has 1 heterocycles. The van der Waals surface area contributed by atoms with Gasteiger partial charge in [-0.15, -0.1) is 0 Å². The standard InChI is InChI=1S/C17H19N/c1-5-10-16-13(3)14(4)18(17(16)6-2)15-11-8-7-9-12-15/h5-12H,2H2,1,3-4H3/b10-5-. The van der Waals surface area contributed by atoms with E-state index in [1.165, 1.54) is 22.5 Å². The molecule has 0 unspecified atom stereocenters. The van der Waals surface area contributed by atoms with Crippen LogP contribution in [0.25, 0.3) is 17.8 Å². The van der Waals surface area contributed by atoms with Gasteiger partial charge in [0.25, 0.3) is 0 Å². The summed E-state index contributed by atoms with van der Waals surface area (Å²) in [6.07, 6.45) is 6.16. The molecule has 2 rings (SSSR count). The van der Waals surface area contributed by atoms with Gasteiger partial charge in [0.05, 0.1) is 5.69 Å². The molecule has 0 saturated heterocycles. The second kappa shape index (κ2) is 5.09. The van der Waals surface area contributed by atoms with Gasteiger partial charge in [0.2, 0.25) is 0 Å². The number of hydrogen-bond acceptors (Lipinski definition) is 0. The Kier molecular flexibility index (Phi) is 3.52. The minimum Gasteiger partial charge on any atom is -0.314 e. The van der Waals surface area contributed by atoms with Gasteiger partial charge in [0.15, 0.2) is 0 Å². The number of benzene rings is 1. The Hall–Kier alpha value is -2.02. The van der Waals surface area contributed by atoms with E-state index in [4.69, 9.17) is 0 Å². The van der Waals surface area contributed by atoms with E-state index in [0.717, 1.165) is 5.69 Å². The summed E-state index contributed by atoms with van der Waals surface area (Å²) >= 11 is 0. The lowest BCUT2D eigenvalue weighted by molar-refractivity contribution is 0.994. The van der Waals surface area contributed by atoms with Gasteiger partial charge in [-0.05, 0) is 44.5 Å². The molecule has 2 aromatic rings. The third-order valence-corrected chi connectivity index (χ3v) is 3.34. The first kappa shape index (κ1) is 12.4. The molecular formula is C17H19N. The van der Waals surface area contributed by atoms with E-state index in [9.17, 15) is 0 Å². The lowest BCUT2D eigenvalue weighted by atomic mass is 10.1. The summed E-state index contributed by atoms with van der Waals surface area (Å²) in [6, 6.07) is 10.4. The molecule has 0 aliphatic heterocycles. The number of rotatable bonds is 3. The first-order valence-corrected chi connectivity index (χ1v) is 6.23. The average molecular weight is 237 g/mol. The number of hydrogen-bond donors (Lipinski definition) is 0. The van der Waals surface area contributed by atoms with Crippen LogP contribution in [0.4, 0.5) is 0 Å². The summed E-state index contributed by atoms with van der Waals surface area (Å²) in [6.45, 7) is 10.3. The molecule has 1 aromatic carbocycles. The molecule has 0 saturated carbocycles. The molecule has 0 N–H and O–H groups in total. The fraction of sp³-hybridized carbons (Fsp3) is 0.176. The highest BCUT2D eigenvalue weighted by atomic mass is 15.0. The third-order valence-electron chi connectivity index (χ3n) is 3.34. The van der Waals surface area contributed by atoms with E-state index in [1.807, 2.05) is 19.1 Å². The van der Waals surface area contributed by atoms with Crippen molar-refractivity contribution < 1.29 is 0 Å². The Morgan fingerprint density at radius 1 is 1.11 bits per heavy atom. The van der Waals surface area contributed by atoms with Crippen LogP contribution in [0.3, 0.4) is 0 Å². The monoisotopic (exact) mass is 237 g/mol. The molecule has 0 atom stereocenters. The highest BCUT2D eigenvalue weighted by Crippen LogP contribution is 2.27. The average Bonchev–Trinajstić information content (AvgIpc) is 2.64. The van der Waals surface area contributed by atoms with Crippen LogP contribution in [0.2, 0.25) is 0 Å². The zero-order valence-corrected chi connectivity index (χ0v) is 11.3. The van der Waals surface area contributed by atoms with Crippen LogP contribution in [-0.2, 0) is 0 Å². The van der Waals surface area contributed by atoms with Crippen molar-refractivity contribution in [3.8, 4) is 5.69 Å². The van der Waals surface area contributed by atoms with Crippen LogP contribution < -0.4 is 0 Å². The van der Waals surface area contributed by atoms with E-state index in [0.29, 0.717) is 0 Å². The number of para-hydroxylation sites is 1. The maximum Gasteiger partial charge on any atom is 0.0528 e. The molecule has 92 valence electrons. The van der Waals surface area contributed by atoms with Crippen LogP contribution in [-0.4, -0.2) is 4.57 Å². The van der Waals surface area contributed by atoms with Crippen molar-refractivity contribution in [3.05, 3.63) is 65.5 Å². The molecule has 1 heteroatoms. The second-order valence-corrected chi connectivity index (χ2v) is 4.38. The normalized spacial score (nSPS) is 11.1. The third kappa shape index (κ3) is 1.92. The van der Waals surface area contributed by atoms with Crippen molar-refractivity contribution in [2.24, 2.45) is 0 Å². The smallest absolute Gasteiger partial charge is 0.0528 e. The molecule has 0 bridgehead atoms. The fourth-order valence-corrected chi connectivity index (χ4v) is 2.34. The van der Waals surface area contributed by atoms with Gasteiger partial charge in [-0.2, -0.15) is 0 Å². The molecule has 0 spiro atoms. The summed E-state index contributed by atoms with van der Waals surface area (Å²) in [4.78, 5) is 0. The summed E-state index contributed by atoms with van der Waals surface area (Å²) < 4.78 is 2.26. The molecule has 18 heavy (non-hydrogen) atoms. The van der Waals surface area contributed by atoms with E-state index in [-0.39, 0.29) is 0 Å². The fourth-order valence-electron chi connectivity index (χ4n) is 2.34. The van der Waals surface area contributed by atoms with Crippen LogP contribution >= 0.6 is 0 Å². The van der Waals surface area contributed by atoms with Gasteiger partial charge in [-0.3, -0.25) is 0 Å². The molecule has 0 aliphatic rings. The highest BCUT2D eigenvalue weighted by Gasteiger charge is 2.14. The van der Waals surface area contributed by atoms with Crippen molar-refractivity contribution in [2.45, 2.75) is 20.8 Å². The Morgan fingerprint density at radius 3 is 2.33 bits per heavy atom. The molecule has 0 radical (unpaired) electrons. The van der Waals surface area contributed by atoms with E-state index in [2.05, 4.69) is 61.4 Å². The van der Waals surface area contributed by atoms with Gasteiger partial charge in [0.1, 0.15) is 0 Å². The van der Waals surface area contributed by atoms with Crippen molar-refractivity contribution in [2.75, 3.05) is 0 Å². The largest absolute Gasteiger partial charge is 0.314 e. The number of aromatic nitrogens is 1. The zero-order valence-electron chi connectivity index (χ0n) is 11.3. The molecule has 0 fully saturated rings. The molecule has 1 aromatic heterocycles. The van der Waals surface area contributed by atoms with E-state index in [1.54, 1.807) is 0 Å². The summed E-state index contributed by atoms with van der Waals surface area (Å²) in [5, 5.41) is 0. The van der Waals surface area contributed by atoms with E-state index >= 15 is 0 Å². The maximum atomic E-state index is 3.96. The van der Waals surface area contributed by atoms with Crippen molar-refractivity contribution in [3.63, 3.8) is 0 Å². The minimum absolute atomic E-state index is 1.16. The molecule has 0 aliphatic carbocycles. The van der Waals surface area contributed by atoms with E-state index < -0.39 is 0 Å². The predicted molar refractivity (Wildman–Crippen MR) is 80.0 cm³/mol. The van der Waals surface area contributed by atoms with Crippen molar-refractivity contribution in [1.29, 1.82) is 0 Å². The van der Waals surface area contributed by atoms with Gasteiger partial charge in [-0.1, -0.05) is 36.9 Å². The first-order chi connectivity index (χ1) is 8.70. The number of allylic oxidation sites excluding steroid dienone is 1. The zero-order chi connectivity index (χ0) is 13.1. The summed E-state index contributed by atoms with van der Waals surface area (Å²) in [7, 11) is 0. The van der Waals surface area contributed by atoms with Gasteiger partial charge >= 0.3 is 0 Å². The van der Waals surface area contributed by atoms with Crippen LogP contribution in [0.15, 0.2) is 43.0 Å². The van der Waals surface area contributed by atoms with Crippen LogP contribution in [0, 0.1) is 13.8 Å². The van der Waals surface area contributed by atoms with Crippen LogP contribution in [0.5, 0.6) is 0 Å². The lowest BCUT2D eigenvalue weighted by Crippen LogP contribution is -1.98. The SMILES string of the molecule is C=Cc1c(/C=C\C)c(C)c(C)n1-c1ccccc1. The summed E-state index contributed by atoms with van der Waals surface area (Å²) in [5.74, 6) is 0. The maximum absolute atomic E-state index is 3.96. The summed E-state index contributed by atoms with van der Waals surface area (Å²) in [5.41, 5.74) is 6.18. The van der Waals surface area contributed by atoms with Gasteiger partial charge < -0.3 is 4.57 Å². The lowest BCUT2D eigenvalue weighted by Gasteiger charge is -2.09. The van der Waals surface area contributed by atoms with Gasteiger partial charge in [-0.25, -0.2) is 0 Å². The Balaban J connectivity index is 2.75. The highest BCUT2D eigenvalue weighted by molar-refractivity contribution is 5.69.